The smallest absolute Gasteiger partial charge is 0.420 e. The van der Waals surface area contributed by atoms with Gasteiger partial charge in [0.1, 0.15) is 5.75 Å². The topological polar surface area (TPSA) is 42.8 Å². The lowest BCUT2D eigenvalue weighted by Crippen LogP contribution is -3.11. The van der Waals surface area contributed by atoms with Crippen LogP contribution < -0.4 is 15.0 Å². The van der Waals surface area contributed by atoms with Crippen LogP contribution in [0.1, 0.15) is 12.8 Å². The van der Waals surface area contributed by atoms with Crippen LogP contribution in [-0.2, 0) is 4.79 Å². The van der Waals surface area contributed by atoms with E-state index in [0.717, 1.165) is 25.9 Å². The molecule has 1 saturated heterocycles. The minimum absolute atomic E-state index is 0.0619. The van der Waals surface area contributed by atoms with Crippen LogP contribution in [-0.4, -0.2) is 31.1 Å². The highest BCUT2D eigenvalue weighted by atomic mass is 35.5. The van der Waals surface area contributed by atoms with Gasteiger partial charge in [0.05, 0.1) is 13.1 Å². The van der Waals surface area contributed by atoms with Gasteiger partial charge in [-0.05, 0) is 24.3 Å². The maximum atomic E-state index is 12.4. The van der Waals surface area contributed by atoms with Crippen LogP contribution in [0.4, 0.5) is 14.5 Å². The minimum atomic E-state index is -3.73. The van der Waals surface area contributed by atoms with Crippen LogP contribution in [0.15, 0.2) is 24.3 Å². The average Bonchev–Trinajstić information content (AvgIpc) is 2.82. The zero-order chi connectivity index (χ0) is 14.6. The van der Waals surface area contributed by atoms with E-state index >= 15 is 0 Å². The van der Waals surface area contributed by atoms with Crippen molar-refractivity contribution in [2.45, 2.75) is 18.4 Å². The Morgan fingerprint density at radius 1 is 1.30 bits per heavy atom. The Kier molecular flexibility index (Phi) is 4.77. The first-order valence-corrected chi connectivity index (χ1v) is 6.79. The molecule has 0 bridgehead atoms. The van der Waals surface area contributed by atoms with E-state index in [1.165, 1.54) is 29.2 Å². The van der Waals surface area contributed by atoms with Gasteiger partial charge in [0.15, 0.2) is 6.54 Å². The van der Waals surface area contributed by atoms with Gasteiger partial charge in [-0.3, -0.25) is 4.79 Å². The lowest BCUT2D eigenvalue weighted by molar-refractivity contribution is -0.878. The van der Waals surface area contributed by atoms with Gasteiger partial charge in [0, 0.05) is 30.1 Å². The number of carbonyl (C=O) groups is 1. The number of rotatable bonds is 5. The van der Waals surface area contributed by atoms with Gasteiger partial charge in [0.25, 0.3) is 5.91 Å². The van der Waals surface area contributed by atoms with Crippen molar-refractivity contribution in [2.75, 3.05) is 25.0 Å². The zero-order valence-corrected chi connectivity index (χ0v) is 11.6. The number of amides is 1. The van der Waals surface area contributed by atoms with Gasteiger partial charge in [-0.1, -0.05) is 0 Å². The van der Waals surface area contributed by atoms with Crippen LogP contribution in [0.2, 0.25) is 0 Å². The number of anilines is 1. The van der Waals surface area contributed by atoms with E-state index in [0.29, 0.717) is 12.2 Å². The molecule has 0 aromatic heterocycles. The van der Waals surface area contributed by atoms with E-state index in [9.17, 15) is 13.6 Å². The molecule has 2 N–H and O–H groups in total. The Morgan fingerprint density at radius 2 is 1.90 bits per heavy atom. The first-order valence-electron chi connectivity index (χ1n) is 6.41. The fraction of sp³-hybridized carbons (Fsp3) is 0.462. The number of likely N-dealkylation sites (tertiary alicyclic amines) is 1. The second-order valence-electron chi connectivity index (χ2n) is 4.75. The molecule has 1 amide bonds. The molecule has 7 heteroatoms. The van der Waals surface area contributed by atoms with Gasteiger partial charge >= 0.3 is 5.57 Å². The van der Waals surface area contributed by atoms with E-state index in [4.69, 9.17) is 0 Å². The van der Waals surface area contributed by atoms with E-state index in [-0.39, 0.29) is 11.7 Å². The summed E-state index contributed by atoms with van der Waals surface area (Å²) in [5.74, 6) is -0.147. The summed E-state index contributed by atoms with van der Waals surface area (Å²) in [6, 6.07) is 5.65. The Hall–Kier alpha value is -1.40. The number of nitrogens with one attached hydrogen (secondary N) is 2. The lowest BCUT2D eigenvalue weighted by Gasteiger charge is -2.13. The highest BCUT2D eigenvalue weighted by Crippen LogP contribution is 2.25. The fourth-order valence-electron chi connectivity index (χ4n) is 2.22. The average molecular weight is 306 g/mol. The first kappa shape index (κ1) is 15.0. The third-order valence-corrected chi connectivity index (χ3v) is 3.17. The van der Waals surface area contributed by atoms with Crippen molar-refractivity contribution < 1.29 is 23.2 Å². The van der Waals surface area contributed by atoms with Gasteiger partial charge in [0.2, 0.25) is 0 Å². The largest absolute Gasteiger partial charge is 0.487 e. The van der Waals surface area contributed by atoms with Crippen molar-refractivity contribution in [2.24, 2.45) is 0 Å². The first-order chi connectivity index (χ1) is 9.42. The minimum Gasteiger partial charge on any atom is -0.420 e. The highest BCUT2D eigenvalue weighted by Gasteiger charge is 2.27. The molecular weight excluding hydrogens is 290 g/mol. The maximum Gasteiger partial charge on any atom is 0.487 e. The molecule has 1 aliphatic rings. The Morgan fingerprint density at radius 3 is 2.45 bits per heavy atom. The van der Waals surface area contributed by atoms with Crippen molar-refractivity contribution in [1.82, 2.24) is 0 Å². The summed E-state index contributed by atoms with van der Waals surface area (Å²) in [6.07, 6.45) is 2.31. The van der Waals surface area contributed by atoms with E-state index in [1.54, 1.807) is 0 Å². The van der Waals surface area contributed by atoms with Crippen molar-refractivity contribution >= 4 is 23.2 Å². The van der Waals surface area contributed by atoms with Crippen LogP contribution in [0.3, 0.4) is 0 Å². The number of alkyl halides is 3. The molecule has 1 fully saturated rings. The second-order valence-corrected chi connectivity index (χ2v) is 5.19. The lowest BCUT2D eigenvalue weighted by atomic mass is 10.3. The van der Waals surface area contributed by atoms with E-state index in [2.05, 4.69) is 21.7 Å². The molecule has 20 heavy (non-hydrogen) atoms. The van der Waals surface area contributed by atoms with Crippen LogP contribution >= 0.6 is 11.6 Å². The molecule has 0 saturated carbocycles. The van der Waals surface area contributed by atoms with Crippen molar-refractivity contribution in [3.8, 4) is 5.75 Å². The second kappa shape index (κ2) is 6.37. The van der Waals surface area contributed by atoms with E-state index in [1.807, 2.05) is 0 Å². The summed E-state index contributed by atoms with van der Waals surface area (Å²) in [7, 11) is 0. The molecule has 4 nitrogen and oxygen atoms in total. The Labute approximate surface area is 120 Å². The van der Waals surface area contributed by atoms with Crippen LogP contribution in [0, 0.1) is 0 Å². The predicted molar refractivity (Wildman–Crippen MR) is 71.3 cm³/mol. The molecule has 0 radical (unpaired) electrons. The Bertz CT molecular complexity index is 456. The number of benzene rings is 1. The molecule has 0 atom stereocenters. The number of carbonyl (C=O) groups excluding carboxylic acids is 1. The number of halogens is 3. The normalized spacial score (nSPS) is 16.1. The SMILES string of the molecule is O=C(C[NH+]1CCCC1)Nc1ccc(OC(F)(F)Cl)cc1. The monoisotopic (exact) mass is 305 g/mol. The maximum absolute atomic E-state index is 12.4. The number of quaternary nitrogens is 1. The van der Waals surface area contributed by atoms with Gasteiger partial charge in [-0.25, -0.2) is 0 Å². The highest BCUT2D eigenvalue weighted by molar-refractivity contribution is 6.20. The molecule has 1 aromatic rings. The molecule has 0 spiro atoms. The number of ether oxygens (including phenoxy) is 1. The summed E-state index contributed by atoms with van der Waals surface area (Å²) in [4.78, 5) is 13.0. The summed E-state index contributed by atoms with van der Waals surface area (Å²) >= 11 is 4.66. The molecule has 1 aliphatic heterocycles. The van der Waals surface area contributed by atoms with Crippen molar-refractivity contribution in [1.29, 1.82) is 0 Å². The molecule has 0 unspecified atom stereocenters. The van der Waals surface area contributed by atoms with Crippen LogP contribution in [0.25, 0.3) is 0 Å². The molecule has 1 aromatic carbocycles. The van der Waals surface area contributed by atoms with E-state index < -0.39 is 5.57 Å². The standard InChI is InChI=1S/C13H15ClF2N2O2/c14-13(15,16)20-11-5-3-10(4-6-11)17-12(19)9-18-7-1-2-8-18/h3-6H,1-2,7-9H2,(H,17,19)/p+1. The molecule has 0 aliphatic carbocycles. The van der Waals surface area contributed by atoms with Gasteiger partial charge in [-0.2, -0.15) is 0 Å². The fourth-order valence-corrected chi connectivity index (χ4v) is 2.31. The van der Waals surface area contributed by atoms with Gasteiger partial charge < -0.3 is 15.0 Å². The zero-order valence-electron chi connectivity index (χ0n) is 10.8. The number of hydrogen-bond acceptors (Lipinski definition) is 2. The third kappa shape index (κ3) is 4.94. The summed E-state index contributed by atoms with van der Waals surface area (Å²) < 4.78 is 29.0. The summed E-state index contributed by atoms with van der Waals surface area (Å²) in [5, 5.41) is 2.72. The summed E-state index contributed by atoms with van der Waals surface area (Å²) in [5.41, 5.74) is -3.19. The predicted octanol–water partition coefficient (Wildman–Crippen LogP) is 1.47. The molecule has 110 valence electrons. The summed E-state index contributed by atoms with van der Waals surface area (Å²) in [6.45, 7) is 2.47. The third-order valence-electron chi connectivity index (χ3n) is 3.09. The van der Waals surface area contributed by atoms with Crippen molar-refractivity contribution in [3.05, 3.63) is 24.3 Å². The quantitative estimate of drug-likeness (QED) is 0.809. The molecular formula is C13H16ClF2N2O2+. The van der Waals surface area contributed by atoms with Gasteiger partial charge in [-0.15, -0.1) is 8.78 Å². The molecule has 2 rings (SSSR count). The van der Waals surface area contributed by atoms with Crippen LogP contribution in [0.5, 0.6) is 5.75 Å². The molecule has 1 heterocycles. The van der Waals surface area contributed by atoms with Crippen molar-refractivity contribution in [3.63, 3.8) is 0 Å². The number of hydrogen-bond donors (Lipinski definition) is 2. The Balaban J connectivity index is 1.85.